The number of fused-ring (bicyclic) bond motifs is 1. The largest absolute Gasteiger partial charge is 0.292 e. The third-order valence-corrected chi connectivity index (χ3v) is 3.93. The third-order valence-electron chi connectivity index (χ3n) is 2.75. The highest BCUT2D eigenvalue weighted by Gasteiger charge is 2.14. The number of halogens is 3. The molecule has 0 saturated carbocycles. The first-order chi connectivity index (χ1) is 8.70. The van der Waals surface area contributed by atoms with Crippen LogP contribution >= 0.6 is 22.9 Å². The molecule has 0 radical (unpaired) electrons. The van der Waals surface area contributed by atoms with Gasteiger partial charge in [-0.15, -0.1) is 22.9 Å². The summed E-state index contributed by atoms with van der Waals surface area (Å²) in [5, 5.41) is 3.19. The highest BCUT2D eigenvalue weighted by atomic mass is 35.5. The van der Waals surface area contributed by atoms with E-state index >= 15 is 0 Å². The molecule has 0 unspecified atom stereocenters. The zero-order chi connectivity index (χ0) is 13.0. The summed E-state index contributed by atoms with van der Waals surface area (Å²) in [6.45, 7) is 0.786. The molecular formula is C13H14ClF2NS. The van der Waals surface area contributed by atoms with Crippen LogP contribution in [0.5, 0.6) is 0 Å². The fraction of sp³-hybridized carbons (Fsp3) is 0.385. The standard InChI is InChI=1S/C13H14ClF2NS/c14-5-6-17(8-13(15)16)7-10-9-18-12-4-2-1-3-11(10)12/h1-4,9,13H,5-8H2. The van der Waals surface area contributed by atoms with Gasteiger partial charge < -0.3 is 0 Å². The van der Waals surface area contributed by atoms with Crippen molar-refractivity contribution in [2.24, 2.45) is 0 Å². The minimum atomic E-state index is -2.32. The summed E-state index contributed by atoms with van der Waals surface area (Å²) in [6, 6.07) is 8.03. The maximum absolute atomic E-state index is 12.5. The quantitative estimate of drug-likeness (QED) is 0.720. The van der Waals surface area contributed by atoms with Crippen molar-refractivity contribution in [3.63, 3.8) is 0 Å². The zero-order valence-corrected chi connectivity index (χ0v) is 11.4. The lowest BCUT2D eigenvalue weighted by molar-refractivity contribution is 0.0881. The monoisotopic (exact) mass is 289 g/mol. The van der Waals surface area contributed by atoms with Crippen LogP contribution in [0.2, 0.25) is 0 Å². The topological polar surface area (TPSA) is 3.24 Å². The van der Waals surface area contributed by atoms with E-state index < -0.39 is 6.43 Å². The van der Waals surface area contributed by atoms with E-state index in [1.165, 1.54) is 4.70 Å². The van der Waals surface area contributed by atoms with Crippen molar-refractivity contribution in [3.8, 4) is 0 Å². The van der Waals surface area contributed by atoms with Crippen LogP contribution in [-0.4, -0.2) is 30.3 Å². The predicted octanol–water partition coefficient (Wildman–Crippen LogP) is 4.21. The molecule has 0 amide bonds. The Hall–Kier alpha value is -0.710. The van der Waals surface area contributed by atoms with Crippen molar-refractivity contribution in [1.29, 1.82) is 0 Å². The lowest BCUT2D eigenvalue weighted by Gasteiger charge is -2.20. The number of nitrogens with zero attached hydrogens (tertiary/aromatic N) is 1. The maximum Gasteiger partial charge on any atom is 0.251 e. The Labute approximate surface area is 114 Å². The molecule has 1 nitrogen and oxygen atoms in total. The fourth-order valence-corrected chi connectivity index (χ4v) is 3.14. The van der Waals surface area contributed by atoms with Gasteiger partial charge in [0.25, 0.3) is 6.43 Å². The highest BCUT2D eigenvalue weighted by Crippen LogP contribution is 2.26. The highest BCUT2D eigenvalue weighted by molar-refractivity contribution is 7.17. The minimum Gasteiger partial charge on any atom is -0.292 e. The second-order valence-electron chi connectivity index (χ2n) is 4.07. The molecule has 0 aliphatic rings. The lowest BCUT2D eigenvalue weighted by Crippen LogP contribution is -2.30. The normalized spacial score (nSPS) is 11.8. The molecule has 0 saturated heterocycles. The van der Waals surface area contributed by atoms with Gasteiger partial charge in [-0.05, 0) is 22.4 Å². The molecule has 18 heavy (non-hydrogen) atoms. The van der Waals surface area contributed by atoms with Gasteiger partial charge in [-0.25, -0.2) is 8.78 Å². The van der Waals surface area contributed by atoms with E-state index in [0.717, 1.165) is 10.9 Å². The number of benzene rings is 1. The molecule has 0 bridgehead atoms. The number of alkyl halides is 3. The molecule has 2 rings (SSSR count). The van der Waals surface area contributed by atoms with Crippen molar-refractivity contribution >= 4 is 33.0 Å². The van der Waals surface area contributed by atoms with E-state index in [1.54, 1.807) is 16.2 Å². The number of rotatable bonds is 6. The van der Waals surface area contributed by atoms with Crippen molar-refractivity contribution in [1.82, 2.24) is 4.90 Å². The second kappa shape index (κ2) is 6.45. The van der Waals surface area contributed by atoms with Gasteiger partial charge in [-0.3, -0.25) is 4.90 Å². The van der Waals surface area contributed by atoms with Crippen molar-refractivity contribution in [2.75, 3.05) is 19.0 Å². The van der Waals surface area contributed by atoms with Gasteiger partial charge in [0.1, 0.15) is 0 Å². The predicted molar refractivity (Wildman–Crippen MR) is 73.8 cm³/mol. The average molecular weight is 290 g/mol. The number of thiophene rings is 1. The molecule has 0 aliphatic heterocycles. The molecule has 1 heterocycles. The van der Waals surface area contributed by atoms with Gasteiger partial charge >= 0.3 is 0 Å². The molecule has 5 heteroatoms. The van der Waals surface area contributed by atoms with Crippen LogP contribution in [0.25, 0.3) is 10.1 Å². The van der Waals surface area contributed by atoms with E-state index in [1.807, 2.05) is 29.6 Å². The van der Waals surface area contributed by atoms with Gasteiger partial charge in [0.2, 0.25) is 0 Å². The average Bonchev–Trinajstić information content (AvgIpc) is 2.72. The smallest absolute Gasteiger partial charge is 0.251 e. The van der Waals surface area contributed by atoms with Crippen LogP contribution < -0.4 is 0 Å². The summed E-state index contributed by atoms with van der Waals surface area (Å²) in [5.41, 5.74) is 1.10. The fourth-order valence-electron chi connectivity index (χ4n) is 1.95. The van der Waals surface area contributed by atoms with Crippen LogP contribution in [0.1, 0.15) is 5.56 Å². The van der Waals surface area contributed by atoms with E-state index in [-0.39, 0.29) is 6.54 Å². The molecule has 0 spiro atoms. The summed E-state index contributed by atoms with van der Waals surface area (Å²) in [7, 11) is 0. The van der Waals surface area contributed by atoms with Gasteiger partial charge in [0, 0.05) is 23.7 Å². The van der Waals surface area contributed by atoms with Crippen molar-refractivity contribution in [2.45, 2.75) is 13.0 Å². The van der Waals surface area contributed by atoms with Crippen LogP contribution in [0, 0.1) is 0 Å². The number of hydrogen-bond acceptors (Lipinski definition) is 2. The van der Waals surface area contributed by atoms with Crippen LogP contribution in [0.3, 0.4) is 0 Å². The Kier molecular flexibility index (Phi) is 4.92. The third kappa shape index (κ3) is 3.40. The number of hydrogen-bond donors (Lipinski definition) is 0. The minimum absolute atomic E-state index is 0.225. The summed E-state index contributed by atoms with van der Waals surface area (Å²) in [5.74, 6) is 0.370. The Morgan fingerprint density at radius 3 is 2.78 bits per heavy atom. The molecule has 1 aromatic heterocycles. The van der Waals surface area contributed by atoms with E-state index in [0.29, 0.717) is 19.0 Å². The Bertz CT molecular complexity index is 500. The van der Waals surface area contributed by atoms with Gasteiger partial charge in [0.15, 0.2) is 0 Å². The molecule has 0 aliphatic carbocycles. The van der Waals surface area contributed by atoms with E-state index in [4.69, 9.17) is 11.6 Å². The van der Waals surface area contributed by atoms with Crippen LogP contribution in [-0.2, 0) is 6.54 Å². The molecule has 0 atom stereocenters. The Morgan fingerprint density at radius 1 is 1.28 bits per heavy atom. The summed E-state index contributed by atoms with van der Waals surface area (Å²) >= 11 is 7.30. The summed E-state index contributed by atoms with van der Waals surface area (Å²) in [6.07, 6.45) is -2.32. The lowest BCUT2D eigenvalue weighted by atomic mass is 10.1. The summed E-state index contributed by atoms with van der Waals surface area (Å²) in [4.78, 5) is 1.70. The first-order valence-electron chi connectivity index (χ1n) is 5.72. The zero-order valence-electron chi connectivity index (χ0n) is 9.78. The Morgan fingerprint density at radius 2 is 2.06 bits per heavy atom. The van der Waals surface area contributed by atoms with Gasteiger partial charge in [-0.1, -0.05) is 18.2 Å². The first-order valence-corrected chi connectivity index (χ1v) is 7.13. The van der Waals surface area contributed by atoms with Crippen LogP contribution in [0.15, 0.2) is 29.6 Å². The van der Waals surface area contributed by atoms with Crippen molar-refractivity contribution < 1.29 is 8.78 Å². The van der Waals surface area contributed by atoms with E-state index in [9.17, 15) is 8.78 Å². The molecule has 98 valence electrons. The maximum atomic E-state index is 12.5. The molecule has 0 fully saturated rings. The SMILES string of the molecule is FC(F)CN(CCCl)Cc1csc2ccccc12. The van der Waals surface area contributed by atoms with Crippen LogP contribution in [0.4, 0.5) is 8.78 Å². The molecule has 0 N–H and O–H groups in total. The first kappa shape index (κ1) is 13.7. The second-order valence-corrected chi connectivity index (χ2v) is 5.36. The van der Waals surface area contributed by atoms with E-state index in [2.05, 4.69) is 0 Å². The van der Waals surface area contributed by atoms with Gasteiger partial charge in [-0.2, -0.15) is 0 Å². The summed E-state index contributed by atoms with van der Waals surface area (Å²) < 4.78 is 26.1. The molecular weight excluding hydrogens is 276 g/mol. The Balaban J connectivity index is 2.15. The van der Waals surface area contributed by atoms with Gasteiger partial charge in [0.05, 0.1) is 6.54 Å². The van der Waals surface area contributed by atoms with Crippen molar-refractivity contribution in [3.05, 3.63) is 35.2 Å². The molecule has 1 aromatic carbocycles. The molecule has 2 aromatic rings.